The zero-order chi connectivity index (χ0) is 13.0. The van der Waals surface area contributed by atoms with Gasteiger partial charge < -0.3 is 10.2 Å². The van der Waals surface area contributed by atoms with E-state index in [4.69, 9.17) is 0 Å². The number of hydrogen-bond acceptors (Lipinski definition) is 3. The summed E-state index contributed by atoms with van der Waals surface area (Å²) >= 11 is 0. The van der Waals surface area contributed by atoms with E-state index < -0.39 is 0 Å². The molecule has 0 aliphatic heterocycles. The maximum absolute atomic E-state index is 4.47. The largest absolute Gasteiger partial charge is 0.359 e. The molecule has 1 N–H and O–H groups in total. The van der Waals surface area contributed by atoms with Gasteiger partial charge in [0.1, 0.15) is 5.82 Å². The van der Waals surface area contributed by atoms with Gasteiger partial charge in [0.15, 0.2) is 0 Å². The van der Waals surface area contributed by atoms with Crippen molar-refractivity contribution in [2.45, 2.75) is 33.2 Å². The van der Waals surface area contributed by atoms with Crippen LogP contribution in [0.1, 0.15) is 32.3 Å². The monoisotopic (exact) mass is 247 g/mol. The maximum atomic E-state index is 4.47. The van der Waals surface area contributed by atoms with Gasteiger partial charge in [0.25, 0.3) is 0 Å². The molecule has 2 rings (SSSR count). The third-order valence-corrected chi connectivity index (χ3v) is 3.74. The lowest BCUT2D eigenvalue weighted by molar-refractivity contribution is 0.673. The summed E-state index contributed by atoms with van der Waals surface area (Å²) in [6, 6.07) is 4.30. The summed E-state index contributed by atoms with van der Waals surface area (Å²) in [6.07, 6.45) is 4.48. The molecule has 1 aliphatic rings. The fourth-order valence-electron chi connectivity index (χ4n) is 2.29. The molecule has 1 aromatic rings. The van der Waals surface area contributed by atoms with E-state index in [1.165, 1.54) is 18.4 Å². The summed E-state index contributed by atoms with van der Waals surface area (Å²) in [5, 5.41) is 3.43. The van der Waals surface area contributed by atoms with Crippen LogP contribution in [0.2, 0.25) is 0 Å². The smallest absolute Gasteiger partial charge is 0.128 e. The molecule has 2 unspecified atom stereocenters. The molecule has 2 atom stereocenters. The molecule has 100 valence electrons. The summed E-state index contributed by atoms with van der Waals surface area (Å²) in [5.74, 6) is 2.88. The van der Waals surface area contributed by atoms with Crippen molar-refractivity contribution in [1.29, 1.82) is 0 Å². The Hall–Kier alpha value is -1.09. The minimum absolute atomic E-state index is 0.874. The van der Waals surface area contributed by atoms with E-state index in [0.717, 1.165) is 37.3 Å². The molecule has 3 heteroatoms. The fourth-order valence-corrected chi connectivity index (χ4v) is 2.29. The zero-order valence-corrected chi connectivity index (χ0v) is 11.8. The molecule has 0 aromatic carbocycles. The van der Waals surface area contributed by atoms with Crippen LogP contribution in [0, 0.1) is 11.8 Å². The Balaban J connectivity index is 1.89. The van der Waals surface area contributed by atoms with E-state index in [9.17, 15) is 0 Å². The van der Waals surface area contributed by atoms with Crippen molar-refractivity contribution < 1.29 is 0 Å². The van der Waals surface area contributed by atoms with Gasteiger partial charge in [-0.15, -0.1) is 0 Å². The first-order valence-corrected chi connectivity index (χ1v) is 7.07. The van der Waals surface area contributed by atoms with Crippen molar-refractivity contribution >= 4 is 5.82 Å². The quantitative estimate of drug-likeness (QED) is 0.751. The van der Waals surface area contributed by atoms with Crippen LogP contribution in [0.5, 0.6) is 0 Å². The lowest BCUT2D eigenvalue weighted by Gasteiger charge is -2.18. The zero-order valence-electron chi connectivity index (χ0n) is 11.8. The second-order valence-electron chi connectivity index (χ2n) is 5.55. The van der Waals surface area contributed by atoms with Gasteiger partial charge in [-0.3, -0.25) is 0 Å². The van der Waals surface area contributed by atoms with E-state index >= 15 is 0 Å². The lowest BCUT2D eigenvalue weighted by atomic mass is 10.2. The normalized spacial score (nSPS) is 21.9. The summed E-state index contributed by atoms with van der Waals surface area (Å²) in [7, 11) is 2.15. The molecule has 0 bridgehead atoms. The third-order valence-electron chi connectivity index (χ3n) is 3.74. The van der Waals surface area contributed by atoms with Gasteiger partial charge >= 0.3 is 0 Å². The van der Waals surface area contributed by atoms with E-state index in [0.29, 0.717) is 0 Å². The van der Waals surface area contributed by atoms with E-state index in [1.54, 1.807) is 0 Å². The Bertz CT molecular complexity index is 378. The number of nitrogens with one attached hydrogen (secondary N) is 1. The van der Waals surface area contributed by atoms with Crippen LogP contribution in [-0.4, -0.2) is 25.1 Å². The van der Waals surface area contributed by atoms with Crippen LogP contribution >= 0.6 is 0 Å². The van der Waals surface area contributed by atoms with E-state index in [1.807, 2.05) is 6.20 Å². The summed E-state index contributed by atoms with van der Waals surface area (Å²) in [6.45, 7) is 7.68. The van der Waals surface area contributed by atoms with Crippen LogP contribution in [0.4, 0.5) is 5.82 Å². The highest BCUT2D eigenvalue weighted by Gasteiger charge is 2.33. The van der Waals surface area contributed by atoms with Crippen molar-refractivity contribution in [3.8, 4) is 0 Å². The standard InChI is InChI=1S/C15H25N3/c1-4-6-16-10-13-5-7-17-15(9-13)18(3)11-14-8-12(14)2/h5,7,9,12,14,16H,4,6,8,10-11H2,1-3H3. The van der Waals surface area contributed by atoms with Gasteiger partial charge in [-0.2, -0.15) is 0 Å². The molecule has 0 amide bonds. The first kappa shape index (κ1) is 13.3. The van der Waals surface area contributed by atoms with Gasteiger partial charge in [-0.05, 0) is 48.9 Å². The highest BCUT2D eigenvalue weighted by Crippen LogP contribution is 2.38. The van der Waals surface area contributed by atoms with Crippen molar-refractivity contribution in [2.75, 3.05) is 25.0 Å². The Labute approximate surface area is 111 Å². The molecule has 0 spiro atoms. The van der Waals surface area contributed by atoms with E-state index in [2.05, 4.69) is 48.2 Å². The predicted molar refractivity (Wildman–Crippen MR) is 76.8 cm³/mol. The Morgan fingerprint density at radius 2 is 2.28 bits per heavy atom. The van der Waals surface area contributed by atoms with Gasteiger partial charge in [-0.25, -0.2) is 4.98 Å². The molecule has 1 aliphatic carbocycles. The number of hydrogen-bond donors (Lipinski definition) is 1. The SMILES string of the molecule is CCCNCc1ccnc(N(C)CC2CC2C)c1. The van der Waals surface area contributed by atoms with Gasteiger partial charge in [0.05, 0.1) is 0 Å². The fraction of sp³-hybridized carbons (Fsp3) is 0.667. The Morgan fingerprint density at radius 1 is 1.50 bits per heavy atom. The number of nitrogens with zero attached hydrogens (tertiary/aromatic N) is 2. The Morgan fingerprint density at radius 3 is 2.94 bits per heavy atom. The summed E-state index contributed by atoms with van der Waals surface area (Å²) in [4.78, 5) is 6.76. The molecule has 3 nitrogen and oxygen atoms in total. The maximum Gasteiger partial charge on any atom is 0.128 e. The van der Waals surface area contributed by atoms with Crippen molar-refractivity contribution in [3.05, 3.63) is 23.9 Å². The first-order valence-electron chi connectivity index (χ1n) is 7.07. The minimum atomic E-state index is 0.874. The van der Waals surface area contributed by atoms with Crippen LogP contribution in [0.15, 0.2) is 18.3 Å². The van der Waals surface area contributed by atoms with Crippen LogP contribution < -0.4 is 10.2 Å². The molecule has 1 fully saturated rings. The molecular weight excluding hydrogens is 222 g/mol. The molecule has 18 heavy (non-hydrogen) atoms. The second-order valence-corrected chi connectivity index (χ2v) is 5.55. The molecule has 0 saturated heterocycles. The van der Waals surface area contributed by atoms with Crippen molar-refractivity contribution in [3.63, 3.8) is 0 Å². The molecule has 1 heterocycles. The summed E-state index contributed by atoms with van der Waals surface area (Å²) in [5.41, 5.74) is 1.32. The van der Waals surface area contributed by atoms with Gasteiger partial charge in [-0.1, -0.05) is 13.8 Å². The third kappa shape index (κ3) is 3.70. The number of anilines is 1. The summed E-state index contributed by atoms with van der Waals surface area (Å²) < 4.78 is 0. The van der Waals surface area contributed by atoms with Crippen molar-refractivity contribution in [2.24, 2.45) is 11.8 Å². The second kappa shape index (κ2) is 6.19. The van der Waals surface area contributed by atoms with Gasteiger partial charge in [0, 0.05) is 26.3 Å². The molecule has 1 saturated carbocycles. The average Bonchev–Trinajstić information content (AvgIpc) is 3.05. The molecular formula is C15H25N3. The van der Waals surface area contributed by atoms with Gasteiger partial charge in [0.2, 0.25) is 0 Å². The highest BCUT2D eigenvalue weighted by molar-refractivity contribution is 5.40. The highest BCUT2D eigenvalue weighted by atomic mass is 15.2. The average molecular weight is 247 g/mol. The number of rotatable bonds is 7. The van der Waals surface area contributed by atoms with E-state index in [-0.39, 0.29) is 0 Å². The predicted octanol–water partition coefficient (Wildman–Crippen LogP) is 2.67. The molecule has 1 aromatic heterocycles. The number of pyridine rings is 1. The van der Waals surface area contributed by atoms with Crippen molar-refractivity contribution in [1.82, 2.24) is 10.3 Å². The Kier molecular flexibility index (Phi) is 4.59. The number of aromatic nitrogens is 1. The first-order chi connectivity index (χ1) is 8.70. The van der Waals surface area contributed by atoms with Crippen LogP contribution in [0.25, 0.3) is 0 Å². The van der Waals surface area contributed by atoms with Crippen LogP contribution in [0.3, 0.4) is 0 Å². The topological polar surface area (TPSA) is 28.2 Å². The minimum Gasteiger partial charge on any atom is -0.359 e. The van der Waals surface area contributed by atoms with Crippen LogP contribution in [-0.2, 0) is 6.54 Å². The molecule has 0 radical (unpaired) electrons. The lowest BCUT2D eigenvalue weighted by Crippen LogP contribution is -2.22.